The van der Waals surface area contributed by atoms with E-state index < -0.39 is 15.9 Å². The van der Waals surface area contributed by atoms with Gasteiger partial charge in [0, 0.05) is 5.56 Å². The summed E-state index contributed by atoms with van der Waals surface area (Å²) in [6.07, 6.45) is 0. The van der Waals surface area contributed by atoms with Gasteiger partial charge in [0.2, 0.25) is 0 Å². The van der Waals surface area contributed by atoms with Crippen LogP contribution in [0.5, 0.6) is 5.75 Å². The fourth-order valence-electron chi connectivity index (χ4n) is 2.16. The lowest BCUT2D eigenvalue weighted by Crippen LogP contribution is -2.10. The van der Waals surface area contributed by atoms with Gasteiger partial charge >= 0.3 is 10.1 Å². The lowest BCUT2D eigenvalue weighted by molar-refractivity contribution is 0.486. The molecule has 0 bridgehead atoms. The Morgan fingerprint density at radius 1 is 0.739 bits per heavy atom. The first-order valence-electron chi connectivity index (χ1n) is 6.91. The molecular weight excluding hydrogens is 315 g/mol. The highest BCUT2D eigenvalue weighted by molar-refractivity contribution is 7.87. The summed E-state index contributed by atoms with van der Waals surface area (Å²) in [4.78, 5) is -0.0956. The number of hydrogen-bond donors (Lipinski definition) is 0. The first kappa shape index (κ1) is 15.2. The summed E-state index contributed by atoms with van der Waals surface area (Å²) in [6, 6.07) is 20.7. The van der Waals surface area contributed by atoms with Crippen molar-refractivity contribution in [3.8, 4) is 16.9 Å². The van der Waals surface area contributed by atoms with Crippen molar-refractivity contribution in [1.29, 1.82) is 0 Å². The standard InChI is InChI=1S/C18H13FO3S/c19-15-10-12-16(13-11-15)23(20,21)22-18-9-5-4-8-17(18)14-6-2-1-3-7-14/h1-13H. The summed E-state index contributed by atoms with van der Waals surface area (Å²) in [6.45, 7) is 0. The molecule has 3 nitrogen and oxygen atoms in total. The summed E-state index contributed by atoms with van der Waals surface area (Å²) in [7, 11) is -4.03. The van der Waals surface area contributed by atoms with Gasteiger partial charge in [-0.1, -0.05) is 48.5 Å². The third kappa shape index (κ3) is 3.40. The van der Waals surface area contributed by atoms with Crippen molar-refractivity contribution in [3.63, 3.8) is 0 Å². The van der Waals surface area contributed by atoms with Gasteiger partial charge < -0.3 is 4.18 Å². The van der Waals surface area contributed by atoms with Crippen LogP contribution in [0.4, 0.5) is 4.39 Å². The predicted molar refractivity (Wildman–Crippen MR) is 86.1 cm³/mol. The molecule has 0 N–H and O–H groups in total. The van der Waals surface area contributed by atoms with Crippen molar-refractivity contribution in [1.82, 2.24) is 0 Å². The van der Waals surface area contributed by atoms with Gasteiger partial charge in [0.05, 0.1) is 0 Å². The summed E-state index contributed by atoms with van der Waals surface area (Å²) >= 11 is 0. The minimum atomic E-state index is -4.03. The van der Waals surface area contributed by atoms with E-state index in [0.717, 1.165) is 17.7 Å². The van der Waals surface area contributed by atoms with Gasteiger partial charge in [-0.05, 0) is 35.9 Å². The molecule has 0 amide bonds. The monoisotopic (exact) mass is 328 g/mol. The van der Waals surface area contributed by atoms with Gasteiger partial charge in [-0.15, -0.1) is 0 Å². The molecular formula is C18H13FO3S. The topological polar surface area (TPSA) is 43.4 Å². The zero-order valence-electron chi connectivity index (χ0n) is 12.0. The van der Waals surface area contributed by atoms with E-state index in [9.17, 15) is 12.8 Å². The largest absolute Gasteiger partial charge is 0.378 e. The number of para-hydroxylation sites is 1. The van der Waals surface area contributed by atoms with Crippen LogP contribution in [-0.4, -0.2) is 8.42 Å². The van der Waals surface area contributed by atoms with Crippen molar-refractivity contribution in [3.05, 3.63) is 84.7 Å². The maximum atomic E-state index is 13.0. The van der Waals surface area contributed by atoms with Crippen molar-refractivity contribution in [2.45, 2.75) is 4.90 Å². The van der Waals surface area contributed by atoms with Crippen LogP contribution in [0.3, 0.4) is 0 Å². The number of hydrogen-bond acceptors (Lipinski definition) is 3. The minimum absolute atomic E-state index is 0.0956. The Hall–Kier alpha value is -2.66. The molecule has 0 aliphatic heterocycles. The summed E-state index contributed by atoms with van der Waals surface area (Å²) < 4.78 is 42.9. The predicted octanol–water partition coefficient (Wildman–Crippen LogP) is 4.26. The Kier molecular flexibility index (Phi) is 4.12. The lowest BCUT2D eigenvalue weighted by Gasteiger charge is -2.11. The Balaban J connectivity index is 1.99. The first-order valence-corrected chi connectivity index (χ1v) is 8.31. The van der Waals surface area contributed by atoms with Crippen LogP contribution in [0.25, 0.3) is 11.1 Å². The van der Waals surface area contributed by atoms with Gasteiger partial charge in [0.1, 0.15) is 10.7 Å². The fraction of sp³-hybridized carbons (Fsp3) is 0. The normalized spacial score (nSPS) is 11.2. The molecule has 0 unspecified atom stereocenters. The maximum absolute atomic E-state index is 13.0. The third-order valence-corrected chi connectivity index (χ3v) is 4.52. The number of benzene rings is 3. The zero-order valence-corrected chi connectivity index (χ0v) is 12.8. The van der Waals surface area contributed by atoms with E-state index in [1.54, 1.807) is 24.3 Å². The van der Waals surface area contributed by atoms with Gasteiger partial charge in [0.15, 0.2) is 5.75 Å². The molecule has 0 fully saturated rings. The van der Waals surface area contributed by atoms with Crippen LogP contribution in [-0.2, 0) is 10.1 Å². The van der Waals surface area contributed by atoms with E-state index >= 15 is 0 Å². The Bertz CT molecular complexity index is 905. The minimum Gasteiger partial charge on any atom is -0.378 e. The summed E-state index contributed by atoms with van der Waals surface area (Å²) in [5.74, 6) is -0.281. The third-order valence-electron chi connectivity index (χ3n) is 3.27. The van der Waals surface area contributed by atoms with E-state index in [1.807, 2.05) is 30.3 Å². The SMILES string of the molecule is O=S(=O)(Oc1ccccc1-c1ccccc1)c1ccc(F)cc1. The second-order valence-corrected chi connectivity index (χ2v) is 6.40. The second kappa shape index (κ2) is 6.22. The molecule has 0 saturated carbocycles. The van der Waals surface area contributed by atoms with Crippen molar-refractivity contribution in [2.24, 2.45) is 0 Å². The molecule has 0 aliphatic carbocycles. The number of halogens is 1. The molecule has 3 rings (SSSR count). The first-order chi connectivity index (χ1) is 11.1. The Labute approximate surface area is 134 Å². The van der Waals surface area contributed by atoms with Crippen LogP contribution in [0.15, 0.2) is 83.8 Å². The molecule has 0 aliphatic rings. The van der Waals surface area contributed by atoms with Crippen LogP contribution >= 0.6 is 0 Å². The Morgan fingerprint density at radius 3 is 2.04 bits per heavy atom. The van der Waals surface area contributed by atoms with Crippen LogP contribution in [0.2, 0.25) is 0 Å². The van der Waals surface area contributed by atoms with Gasteiger partial charge in [-0.2, -0.15) is 8.42 Å². The molecule has 0 atom stereocenters. The smallest absolute Gasteiger partial charge is 0.339 e. The summed E-state index contributed by atoms with van der Waals surface area (Å²) in [5.41, 5.74) is 1.51. The molecule has 0 radical (unpaired) electrons. The molecule has 3 aromatic rings. The summed E-state index contributed by atoms with van der Waals surface area (Å²) in [5, 5.41) is 0. The molecule has 3 aromatic carbocycles. The molecule has 0 saturated heterocycles. The highest BCUT2D eigenvalue weighted by atomic mass is 32.2. The van der Waals surface area contributed by atoms with Gasteiger partial charge in [-0.3, -0.25) is 0 Å². The van der Waals surface area contributed by atoms with Gasteiger partial charge in [-0.25, -0.2) is 4.39 Å². The van der Waals surface area contributed by atoms with Crippen molar-refractivity contribution < 1.29 is 17.0 Å². The average Bonchev–Trinajstić information content (AvgIpc) is 2.56. The molecule has 5 heteroatoms. The quantitative estimate of drug-likeness (QED) is 0.672. The van der Waals surface area contributed by atoms with Crippen LogP contribution < -0.4 is 4.18 Å². The van der Waals surface area contributed by atoms with E-state index in [2.05, 4.69) is 0 Å². The van der Waals surface area contributed by atoms with E-state index in [0.29, 0.717) is 5.56 Å². The zero-order chi connectivity index (χ0) is 16.3. The van der Waals surface area contributed by atoms with E-state index in [-0.39, 0.29) is 10.6 Å². The van der Waals surface area contributed by atoms with Gasteiger partial charge in [0.25, 0.3) is 0 Å². The number of rotatable bonds is 4. The molecule has 0 aromatic heterocycles. The lowest BCUT2D eigenvalue weighted by atomic mass is 10.1. The second-order valence-electron chi connectivity index (χ2n) is 4.85. The van der Waals surface area contributed by atoms with Crippen LogP contribution in [0.1, 0.15) is 0 Å². The average molecular weight is 328 g/mol. The van der Waals surface area contributed by atoms with E-state index in [4.69, 9.17) is 4.18 Å². The van der Waals surface area contributed by atoms with Crippen molar-refractivity contribution >= 4 is 10.1 Å². The highest BCUT2D eigenvalue weighted by Crippen LogP contribution is 2.31. The molecule has 0 heterocycles. The van der Waals surface area contributed by atoms with Crippen molar-refractivity contribution in [2.75, 3.05) is 0 Å². The Morgan fingerprint density at radius 2 is 1.35 bits per heavy atom. The van der Waals surface area contributed by atoms with E-state index in [1.165, 1.54) is 12.1 Å². The highest BCUT2D eigenvalue weighted by Gasteiger charge is 2.18. The fourth-order valence-corrected chi connectivity index (χ4v) is 3.11. The molecule has 116 valence electrons. The van der Waals surface area contributed by atoms with Crippen LogP contribution in [0, 0.1) is 5.82 Å². The molecule has 0 spiro atoms. The molecule has 23 heavy (non-hydrogen) atoms. The maximum Gasteiger partial charge on any atom is 0.339 e.